The summed E-state index contributed by atoms with van der Waals surface area (Å²) < 4.78 is 101. The number of hydrogen-bond acceptors (Lipinski definition) is 0. The quantitative estimate of drug-likeness (QED) is 0.508. The van der Waals surface area contributed by atoms with Crippen LogP contribution in [0.2, 0.25) is 0 Å². The summed E-state index contributed by atoms with van der Waals surface area (Å²) in [7, 11) is 0. The van der Waals surface area contributed by atoms with E-state index < -0.39 is 40.3 Å². The van der Waals surface area contributed by atoms with Gasteiger partial charge in [0.15, 0.2) is 5.92 Å². The molecule has 9 heteroatoms. The van der Waals surface area contributed by atoms with Gasteiger partial charge in [-0.05, 0) is 18.2 Å². The maximum Gasteiger partial charge on any atom is 0.401 e. The molecule has 0 nitrogen and oxygen atoms in total. The van der Waals surface area contributed by atoms with Gasteiger partial charge in [0.05, 0.1) is 4.83 Å². The van der Waals surface area contributed by atoms with Crippen LogP contribution in [0.15, 0.2) is 18.2 Å². The molecule has 1 aromatic carbocycles. The van der Waals surface area contributed by atoms with E-state index in [0.29, 0.717) is 18.2 Å². The first-order valence-corrected chi connectivity index (χ1v) is 5.58. The largest absolute Gasteiger partial charge is 0.401 e. The fourth-order valence-corrected chi connectivity index (χ4v) is 2.37. The SMILES string of the molecule is Fc1ccc(F)c(C(Br)C(C(F)(F)F)C(F)(F)F)c1. The Hall–Kier alpha value is -0.860. The van der Waals surface area contributed by atoms with Gasteiger partial charge in [-0.2, -0.15) is 26.3 Å². The summed E-state index contributed by atoms with van der Waals surface area (Å²) >= 11 is 2.16. The highest BCUT2D eigenvalue weighted by Crippen LogP contribution is 2.50. The van der Waals surface area contributed by atoms with E-state index in [1.54, 1.807) is 0 Å². The van der Waals surface area contributed by atoms with Crippen LogP contribution in [-0.4, -0.2) is 12.4 Å². The van der Waals surface area contributed by atoms with Gasteiger partial charge < -0.3 is 0 Å². The molecule has 0 amide bonds. The Morgan fingerprint density at radius 1 is 0.895 bits per heavy atom. The van der Waals surface area contributed by atoms with Crippen molar-refractivity contribution in [3.63, 3.8) is 0 Å². The van der Waals surface area contributed by atoms with Crippen LogP contribution < -0.4 is 0 Å². The van der Waals surface area contributed by atoms with E-state index in [-0.39, 0.29) is 0 Å². The van der Waals surface area contributed by atoms with Gasteiger partial charge in [0, 0.05) is 5.56 Å². The maximum atomic E-state index is 13.2. The fourth-order valence-electron chi connectivity index (χ4n) is 1.42. The average molecular weight is 357 g/mol. The standard InChI is InChI=1S/C10H5BrF8/c11-7(5-3-4(12)1-2-6(5)13)8(9(14,15)16)10(17,18)19/h1-3,7-8H. The second-order valence-corrected chi connectivity index (χ2v) is 4.61. The number of benzene rings is 1. The molecule has 1 atom stereocenters. The molecule has 0 spiro atoms. The van der Waals surface area contributed by atoms with Crippen LogP contribution in [0.25, 0.3) is 0 Å². The van der Waals surface area contributed by atoms with E-state index in [9.17, 15) is 35.1 Å². The summed E-state index contributed by atoms with van der Waals surface area (Å²) in [6.45, 7) is 0. The molecule has 0 bridgehead atoms. The Kier molecular flexibility index (Phi) is 4.48. The van der Waals surface area contributed by atoms with Gasteiger partial charge in [0.2, 0.25) is 0 Å². The van der Waals surface area contributed by atoms with Crippen LogP contribution in [0.4, 0.5) is 35.1 Å². The van der Waals surface area contributed by atoms with Gasteiger partial charge in [-0.15, -0.1) is 0 Å². The lowest BCUT2D eigenvalue weighted by molar-refractivity contribution is -0.283. The van der Waals surface area contributed by atoms with Crippen LogP contribution in [0.5, 0.6) is 0 Å². The van der Waals surface area contributed by atoms with Crippen LogP contribution >= 0.6 is 15.9 Å². The van der Waals surface area contributed by atoms with Crippen LogP contribution in [0, 0.1) is 17.6 Å². The molecule has 108 valence electrons. The third kappa shape index (κ3) is 3.80. The molecule has 19 heavy (non-hydrogen) atoms. The van der Waals surface area contributed by atoms with Crippen molar-refractivity contribution in [1.29, 1.82) is 0 Å². The molecule has 0 heterocycles. The fraction of sp³-hybridized carbons (Fsp3) is 0.400. The Morgan fingerprint density at radius 3 is 1.79 bits per heavy atom. The van der Waals surface area contributed by atoms with Crippen LogP contribution in [-0.2, 0) is 0 Å². The van der Waals surface area contributed by atoms with E-state index in [0.717, 1.165) is 0 Å². The first kappa shape index (κ1) is 16.2. The van der Waals surface area contributed by atoms with Gasteiger partial charge >= 0.3 is 12.4 Å². The van der Waals surface area contributed by atoms with Crippen LogP contribution in [0.3, 0.4) is 0 Å². The Bertz CT molecular complexity index is 436. The molecule has 1 unspecified atom stereocenters. The number of halogens is 9. The molecule has 0 aromatic heterocycles. The zero-order chi connectivity index (χ0) is 15.0. The predicted octanol–water partition coefficient (Wildman–Crippen LogP) is 5.14. The summed E-state index contributed by atoms with van der Waals surface area (Å²) in [5.74, 6) is -6.33. The molecule has 0 fully saturated rings. The second-order valence-electron chi connectivity index (χ2n) is 3.63. The third-order valence-electron chi connectivity index (χ3n) is 2.25. The van der Waals surface area contributed by atoms with Crippen molar-refractivity contribution in [2.24, 2.45) is 5.92 Å². The Labute approximate surface area is 110 Å². The Morgan fingerprint density at radius 2 is 1.37 bits per heavy atom. The lowest BCUT2D eigenvalue weighted by atomic mass is 9.97. The average Bonchev–Trinajstić information content (AvgIpc) is 2.17. The van der Waals surface area contributed by atoms with Gasteiger partial charge in [-0.25, -0.2) is 8.78 Å². The van der Waals surface area contributed by atoms with Crippen molar-refractivity contribution in [3.8, 4) is 0 Å². The first-order chi connectivity index (χ1) is 8.44. The normalized spacial score (nSPS) is 14.8. The highest BCUT2D eigenvalue weighted by Gasteiger charge is 2.60. The van der Waals surface area contributed by atoms with Crippen molar-refractivity contribution >= 4 is 15.9 Å². The van der Waals surface area contributed by atoms with E-state index in [1.807, 2.05) is 0 Å². The molecular weight excluding hydrogens is 352 g/mol. The van der Waals surface area contributed by atoms with Gasteiger partial charge in [0.1, 0.15) is 11.6 Å². The minimum Gasteiger partial charge on any atom is -0.207 e. The zero-order valence-corrected chi connectivity index (χ0v) is 10.4. The molecule has 1 rings (SSSR count). The van der Waals surface area contributed by atoms with E-state index >= 15 is 0 Å². The molecule has 0 radical (unpaired) electrons. The smallest absolute Gasteiger partial charge is 0.207 e. The monoisotopic (exact) mass is 356 g/mol. The second kappa shape index (κ2) is 5.26. The summed E-state index contributed by atoms with van der Waals surface area (Å²) in [5, 5.41) is 0. The van der Waals surface area contributed by atoms with Crippen molar-refractivity contribution in [2.75, 3.05) is 0 Å². The first-order valence-electron chi connectivity index (χ1n) is 4.67. The van der Waals surface area contributed by atoms with Crippen molar-refractivity contribution in [3.05, 3.63) is 35.4 Å². The minimum absolute atomic E-state index is 0.291. The lowest BCUT2D eigenvalue weighted by Gasteiger charge is -2.27. The van der Waals surface area contributed by atoms with Crippen LogP contribution in [0.1, 0.15) is 10.4 Å². The summed E-state index contributed by atoms with van der Waals surface area (Å²) in [6.07, 6.45) is -11.3. The van der Waals surface area contributed by atoms with Gasteiger partial charge in [-0.1, -0.05) is 15.9 Å². The minimum atomic E-state index is -5.65. The molecule has 0 saturated heterocycles. The Balaban J connectivity index is 3.28. The molecule has 0 aliphatic carbocycles. The molecule has 1 aromatic rings. The highest BCUT2D eigenvalue weighted by molar-refractivity contribution is 9.09. The summed E-state index contributed by atoms with van der Waals surface area (Å²) in [4.78, 5) is -2.47. The zero-order valence-electron chi connectivity index (χ0n) is 8.79. The number of rotatable bonds is 2. The van der Waals surface area contributed by atoms with Crippen molar-refractivity contribution < 1.29 is 35.1 Å². The predicted molar refractivity (Wildman–Crippen MR) is 53.6 cm³/mol. The third-order valence-corrected chi connectivity index (χ3v) is 3.28. The molecular formula is C10H5BrF8. The van der Waals surface area contributed by atoms with Crippen molar-refractivity contribution in [1.82, 2.24) is 0 Å². The summed E-state index contributed by atoms with van der Waals surface area (Å²) in [5.41, 5.74) is -1.04. The molecule has 0 saturated carbocycles. The van der Waals surface area contributed by atoms with Gasteiger partial charge in [0.25, 0.3) is 0 Å². The molecule has 0 aliphatic rings. The number of hydrogen-bond donors (Lipinski definition) is 0. The van der Waals surface area contributed by atoms with E-state index in [4.69, 9.17) is 0 Å². The van der Waals surface area contributed by atoms with E-state index in [1.165, 1.54) is 0 Å². The molecule has 0 N–H and O–H groups in total. The van der Waals surface area contributed by atoms with E-state index in [2.05, 4.69) is 15.9 Å². The summed E-state index contributed by atoms with van der Waals surface area (Å²) in [6, 6.07) is 1.34. The van der Waals surface area contributed by atoms with Gasteiger partial charge in [-0.3, -0.25) is 0 Å². The topological polar surface area (TPSA) is 0 Å². The highest BCUT2D eigenvalue weighted by atomic mass is 79.9. The maximum absolute atomic E-state index is 13.2. The van der Waals surface area contributed by atoms with Crippen molar-refractivity contribution in [2.45, 2.75) is 17.2 Å². The lowest BCUT2D eigenvalue weighted by Crippen LogP contribution is -2.39. The number of alkyl halides is 7. The molecule has 0 aliphatic heterocycles.